The van der Waals surface area contributed by atoms with Gasteiger partial charge in [0, 0.05) is 0 Å². The number of hydrogen-bond acceptors (Lipinski definition) is 7. The lowest BCUT2D eigenvalue weighted by molar-refractivity contribution is -0.142. The summed E-state index contributed by atoms with van der Waals surface area (Å²) in [6.45, 7) is 2.02. The molecule has 0 aromatic rings. The molecule has 0 fully saturated rings. The maximum Gasteiger partial charge on any atom is 0.326 e. The summed E-state index contributed by atoms with van der Waals surface area (Å²) in [6, 6.07) is -2.67. The van der Waals surface area contributed by atoms with Crippen LogP contribution in [0.15, 0.2) is 0 Å². The third-order valence-electron chi connectivity index (χ3n) is 4.06. The molecule has 0 heterocycles. The highest BCUT2D eigenvalue weighted by atomic mass is 16.4. The molecule has 0 aromatic heterocycles. The molecule has 0 aliphatic heterocycles. The number of carboxylic acid groups (broad SMARTS) is 1. The molecule has 0 aromatic carbocycles. The Hall–Kier alpha value is -2.24. The summed E-state index contributed by atoms with van der Waals surface area (Å²) in [5.41, 5.74) is 16.5. The smallest absolute Gasteiger partial charge is 0.326 e. The van der Waals surface area contributed by atoms with Crippen molar-refractivity contribution in [3.63, 3.8) is 0 Å². The summed E-state index contributed by atoms with van der Waals surface area (Å²) in [6.07, 6.45) is 3.40. The Morgan fingerprint density at radius 2 is 1.46 bits per heavy atom. The van der Waals surface area contributed by atoms with Gasteiger partial charge >= 0.3 is 5.97 Å². The van der Waals surface area contributed by atoms with Crippen molar-refractivity contribution in [1.29, 1.82) is 0 Å². The van der Waals surface area contributed by atoms with Crippen molar-refractivity contribution in [2.24, 2.45) is 17.2 Å². The van der Waals surface area contributed by atoms with Crippen molar-refractivity contribution < 1.29 is 24.3 Å². The maximum absolute atomic E-state index is 12.0. The van der Waals surface area contributed by atoms with E-state index in [1.165, 1.54) is 6.92 Å². The van der Waals surface area contributed by atoms with E-state index < -0.39 is 48.4 Å². The van der Waals surface area contributed by atoms with E-state index in [2.05, 4.69) is 16.0 Å². The Morgan fingerprint density at radius 1 is 0.893 bits per heavy atom. The van der Waals surface area contributed by atoms with Crippen LogP contribution in [-0.4, -0.2) is 66.6 Å². The molecular formula is C17H34N6O5. The molecule has 0 spiro atoms. The van der Waals surface area contributed by atoms with E-state index in [4.69, 9.17) is 22.3 Å². The Balaban J connectivity index is 4.30. The Bertz CT molecular complexity index is 516. The zero-order chi connectivity index (χ0) is 21.5. The minimum Gasteiger partial charge on any atom is -0.480 e. The molecule has 3 unspecified atom stereocenters. The molecule has 0 aliphatic rings. The highest BCUT2D eigenvalue weighted by Crippen LogP contribution is 2.01. The van der Waals surface area contributed by atoms with E-state index in [0.717, 1.165) is 6.42 Å². The monoisotopic (exact) mass is 402 g/mol. The Labute approximate surface area is 165 Å². The number of nitrogens with one attached hydrogen (secondary N) is 3. The summed E-state index contributed by atoms with van der Waals surface area (Å²) >= 11 is 0. The van der Waals surface area contributed by atoms with Gasteiger partial charge in [0.25, 0.3) is 0 Å². The van der Waals surface area contributed by atoms with Gasteiger partial charge in [0.1, 0.15) is 12.1 Å². The molecule has 0 aliphatic carbocycles. The fraction of sp³-hybridized carbons (Fsp3) is 0.765. The minimum absolute atomic E-state index is 0.251. The van der Waals surface area contributed by atoms with Gasteiger partial charge in [-0.25, -0.2) is 4.79 Å². The van der Waals surface area contributed by atoms with E-state index in [0.29, 0.717) is 38.8 Å². The van der Waals surface area contributed by atoms with Crippen LogP contribution in [-0.2, 0) is 19.2 Å². The number of unbranched alkanes of at least 4 members (excludes halogenated alkanes) is 2. The van der Waals surface area contributed by atoms with E-state index in [1.807, 2.05) is 0 Å². The predicted molar refractivity (Wildman–Crippen MR) is 104 cm³/mol. The zero-order valence-electron chi connectivity index (χ0n) is 16.4. The Morgan fingerprint density at radius 3 is 2.00 bits per heavy atom. The summed E-state index contributed by atoms with van der Waals surface area (Å²) in [5.74, 6) is -2.82. The van der Waals surface area contributed by atoms with Gasteiger partial charge in [-0.15, -0.1) is 0 Å². The molecule has 0 saturated heterocycles. The van der Waals surface area contributed by atoms with Crippen molar-refractivity contribution in [3.05, 3.63) is 0 Å². The third-order valence-corrected chi connectivity index (χ3v) is 4.06. The van der Waals surface area contributed by atoms with Crippen LogP contribution in [0.3, 0.4) is 0 Å². The normalized spacial score (nSPS) is 13.9. The first-order valence-electron chi connectivity index (χ1n) is 9.48. The van der Waals surface area contributed by atoms with E-state index in [9.17, 15) is 19.2 Å². The van der Waals surface area contributed by atoms with Gasteiger partial charge in [-0.2, -0.15) is 0 Å². The first kappa shape index (κ1) is 25.8. The van der Waals surface area contributed by atoms with Crippen molar-refractivity contribution in [3.8, 4) is 0 Å². The zero-order valence-corrected chi connectivity index (χ0v) is 16.4. The van der Waals surface area contributed by atoms with Crippen molar-refractivity contribution in [2.75, 3.05) is 19.6 Å². The molecule has 0 bridgehead atoms. The van der Waals surface area contributed by atoms with Gasteiger partial charge in [0.05, 0.1) is 12.6 Å². The van der Waals surface area contributed by atoms with E-state index in [-0.39, 0.29) is 6.42 Å². The minimum atomic E-state index is -1.15. The van der Waals surface area contributed by atoms with Crippen LogP contribution >= 0.6 is 0 Å². The second-order valence-electron chi connectivity index (χ2n) is 6.58. The van der Waals surface area contributed by atoms with Gasteiger partial charge in [-0.05, 0) is 52.1 Å². The SMILES string of the molecule is CC(NC(=O)C(N)CCCCN)C(=O)NCC(=O)NC(CCCCN)C(=O)O. The standard InChI is InChI=1S/C17H34N6O5/c1-11(22-16(26)12(20)6-2-4-8-18)15(25)21-10-14(24)23-13(17(27)28)7-3-5-9-19/h11-13H,2-10,18-20H2,1H3,(H,21,25)(H,22,26)(H,23,24)(H,27,28). The average molecular weight is 402 g/mol. The van der Waals surface area contributed by atoms with Crippen molar-refractivity contribution in [2.45, 2.75) is 63.6 Å². The largest absolute Gasteiger partial charge is 0.480 e. The highest BCUT2D eigenvalue weighted by Gasteiger charge is 2.22. The van der Waals surface area contributed by atoms with Gasteiger partial charge in [0.2, 0.25) is 17.7 Å². The van der Waals surface area contributed by atoms with Crippen LogP contribution in [0.2, 0.25) is 0 Å². The molecule has 0 saturated carbocycles. The van der Waals surface area contributed by atoms with Crippen LogP contribution in [0.1, 0.15) is 45.4 Å². The number of carbonyl (C=O) groups is 4. The van der Waals surface area contributed by atoms with Crippen LogP contribution in [0.5, 0.6) is 0 Å². The second kappa shape index (κ2) is 14.8. The highest BCUT2D eigenvalue weighted by molar-refractivity contribution is 5.92. The molecule has 11 heteroatoms. The number of carbonyl (C=O) groups excluding carboxylic acids is 3. The predicted octanol–water partition coefficient (Wildman–Crippen LogP) is -2.24. The van der Waals surface area contributed by atoms with Gasteiger partial charge in [-0.3, -0.25) is 14.4 Å². The van der Waals surface area contributed by atoms with Crippen LogP contribution in [0.25, 0.3) is 0 Å². The first-order chi connectivity index (χ1) is 13.2. The molecule has 11 nitrogen and oxygen atoms in total. The fourth-order valence-corrected chi connectivity index (χ4v) is 2.34. The molecule has 3 amide bonds. The van der Waals surface area contributed by atoms with Gasteiger partial charge in [-0.1, -0.05) is 6.42 Å². The molecular weight excluding hydrogens is 368 g/mol. The first-order valence-corrected chi connectivity index (χ1v) is 9.48. The molecule has 0 rings (SSSR count). The van der Waals surface area contributed by atoms with Crippen molar-refractivity contribution in [1.82, 2.24) is 16.0 Å². The van der Waals surface area contributed by atoms with E-state index >= 15 is 0 Å². The topological polar surface area (TPSA) is 203 Å². The third kappa shape index (κ3) is 11.5. The lowest BCUT2D eigenvalue weighted by Gasteiger charge is -2.18. The van der Waals surface area contributed by atoms with Crippen LogP contribution in [0.4, 0.5) is 0 Å². The fourth-order valence-electron chi connectivity index (χ4n) is 2.34. The molecule has 28 heavy (non-hydrogen) atoms. The van der Waals surface area contributed by atoms with Crippen LogP contribution < -0.4 is 33.2 Å². The number of aliphatic carboxylic acids is 1. The summed E-state index contributed by atoms with van der Waals surface area (Å²) < 4.78 is 0. The quantitative estimate of drug-likeness (QED) is 0.149. The van der Waals surface area contributed by atoms with E-state index in [1.54, 1.807) is 0 Å². The number of carboxylic acids is 1. The lowest BCUT2D eigenvalue weighted by Crippen LogP contribution is -2.52. The molecule has 3 atom stereocenters. The van der Waals surface area contributed by atoms with Crippen molar-refractivity contribution >= 4 is 23.7 Å². The summed E-state index contributed by atoms with van der Waals surface area (Å²) in [7, 11) is 0. The molecule has 0 radical (unpaired) electrons. The average Bonchev–Trinajstić information content (AvgIpc) is 2.65. The van der Waals surface area contributed by atoms with Gasteiger partial charge < -0.3 is 38.3 Å². The number of nitrogens with two attached hydrogens (primary N) is 3. The number of amides is 3. The Kier molecular flexibility index (Phi) is 13.6. The van der Waals surface area contributed by atoms with Gasteiger partial charge in [0.15, 0.2) is 0 Å². The lowest BCUT2D eigenvalue weighted by atomic mass is 10.1. The number of hydrogen-bond donors (Lipinski definition) is 7. The summed E-state index contributed by atoms with van der Waals surface area (Å²) in [5, 5.41) is 16.3. The molecule has 162 valence electrons. The molecule has 10 N–H and O–H groups in total. The second-order valence-corrected chi connectivity index (χ2v) is 6.58. The summed E-state index contributed by atoms with van der Waals surface area (Å²) in [4.78, 5) is 47.0. The van der Waals surface area contributed by atoms with Crippen LogP contribution in [0, 0.1) is 0 Å². The maximum atomic E-state index is 12.0. The number of rotatable bonds is 15.